The standard InChI is InChI=1S/C23H25N3O3/c1-27-19-12-13-22(28-2)20(14-19)26-23(24)25-15-18-10-6-7-11-21(18)29-16-17-8-4-3-5-9-17/h3-14H,15-16H2,1-2H3,(H3,24,25,26). The van der Waals surface area contributed by atoms with Crippen LogP contribution in [0, 0.1) is 0 Å². The molecule has 0 atom stereocenters. The van der Waals surface area contributed by atoms with Gasteiger partial charge in [-0.2, -0.15) is 0 Å². The zero-order valence-electron chi connectivity index (χ0n) is 16.6. The van der Waals surface area contributed by atoms with Crippen molar-refractivity contribution in [3.05, 3.63) is 83.9 Å². The lowest BCUT2D eigenvalue weighted by atomic mass is 10.2. The van der Waals surface area contributed by atoms with Crippen LogP contribution in [0.1, 0.15) is 11.1 Å². The molecule has 6 nitrogen and oxygen atoms in total. The largest absolute Gasteiger partial charge is 0.497 e. The van der Waals surface area contributed by atoms with Crippen molar-refractivity contribution in [3.8, 4) is 17.2 Å². The summed E-state index contributed by atoms with van der Waals surface area (Å²) in [4.78, 5) is 4.44. The van der Waals surface area contributed by atoms with Gasteiger partial charge in [-0.1, -0.05) is 48.5 Å². The highest BCUT2D eigenvalue weighted by atomic mass is 16.5. The van der Waals surface area contributed by atoms with E-state index in [-0.39, 0.29) is 5.96 Å². The van der Waals surface area contributed by atoms with Crippen molar-refractivity contribution in [2.24, 2.45) is 10.7 Å². The summed E-state index contributed by atoms with van der Waals surface area (Å²) >= 11 is 0. The second kappa shape index (κ2) is 10.0. The lowest BCUT2D eigenvalue weighted by Crippen LogP contribution is -2.23. The Morgan fingerprint density at radius 3 is 2.41 bits per heavy atom. The number of nitrogens with two attached hydrogens (primary N) is 1. The summed E-state index contributed by atoms with van der Waals surface area (Å²) in [6.07, 6.45) is 0. The molecule has 0 fully saturated rings. The van der Waals surface area contributed by atoms with Gasteiger partial charge in [-0.05, 0) is 23.8 Å². The first-order valence-electron chi connectivity index (χ1n) is 9.23. The molecule has 0 aliphatic heterocycles. The second-order valence-corrected chi connectivity index (χ2v) is 6.27. The molecule has 0 saturated heterocycles. The third-order valence-electron chi connectivity index (χ3n) is 4.30. The molecule has 3 aromatic rings. The highest BCUT2D eigenvalue weighted by Crippen LogP contribution is 2.28. The van der Waals surface area contributed by atoms with Gasteiger partial charge in [-0.15, -0.1) is 0 Å². The van der Waals surface area contributed by atoms with Crippen LogP contribution in [-0.4, -0.2) is 20.2 Å². The highest BCUT2D eigenvalue weighted by molar-refractivity contribution is 5.94. The Labute approximate surface area is 170 Å². The zero-order chi connectivity index (χ0) is 20.5. The first kappa shape index (κ1) is 20.1. The molecule has 6 heteroatoms. The molecule has 0 radical (unpaired) electrons. The number of anilines is 1. The second-order valence-electron chi connectivity index (χ2n) is 6.27. The number of nitrogens with one attached hydrogen (secondary N) is 1. The van der Waals surface area contributed by atoms with E-state index in [1.807, 2.05) is 60.7 Å². The molecule has 3 rings (SSSR count). The van der Waals surface area contributed by atoms with E-state index in [2.05, 4.69) is 10.3 Å². The van der Waals surface area contributed by atoms with Gasteiger partial charge in [-0.3, -0.25) is 0 Å². The van der Waals surface area contributed by atoms with Crippen molar-refractivity contribution in [2.75, 3.05) is 19.5 Å². The SMILES string of the molecule is COc1ccc(OC)c(NC(N)=NCc2ccccc2OCc2ccccc2)c1. The van der Waals surface area contributed by atoms with E-state index in [0.717, 1.165) is 16.9 Å². The van der Waals surface area contributed by atoms with Crippen molar-refractivity contribution >= 4 is 11.6 Å². The van der Waals surface area contributed by atoms with Gasteiger partial charge in [0.2, 0.25) is 0 Å². The number of rotatable bonds is 8. The lowest BCUT2D eigenvalue weighted by molar-refractivity contribution is 0.303. The number of methoxy groups -OCH3 is 2. The van der Waals surface area contributed by atoms with Gasteiger partial charge < -0.3 is 25.3 Å². The topological polar surface area (TPSA) is 78.1 Å². The fourth-order valence-corrected chi connectivity index (χ4v) is 2.77. The van der Waals surface area contributed by atoms with Crippen molar-refractivity contribution in [3.63, 3.8) is 0 Å². The maximum atomic E-state index is 6.09. The molecule has 0 saturated carbocycles. The number of ether oxygens (including phenoxy) is 3. The van der Waals surface area contributed by atoms with Gasteiger partial charge in [-0.25, -0.2) is 4.99 Å². The molecule has 0 aromatic heterocycles. The Kier molecular flexibility index (Phi) is 6.95. The molecule has 0 aliphatic carbocycles. The van der Waals surface area contributed by atoms with Gasteiger partial charge >= 0.3 is 0 Å². The Bertz CT molecular complexity index is 959. The zero-order valence-corrected chi connectivity index (χ0v) is 16.6. The van der Waals surface area contributed by atoms with Gasteiger partial charge in [0.25, 0.3) is 0 Å². The summed E-state index contributed by atoms with van der Waals surface area (Å²) in [5, 5.41) is 3.07. The normalized spacial score (nSPS) is 11.0. The summed E-state index contributed by atoms with van der Waals surface area (Å²) in [6, 6.07) is 23.3. The van der Waals surface area contributed by atoms with E-state index < -0.39 is 0 Å². The molecule has 0 aliphatic rings. The van der Waals surface area contributed by atoms with E-state index in [9.17, 15) is 0 Å². The van der Waals surface area contributed by atoms with Crippen LogP contribution in [-0.2, 0) is 13.2 Å². The Hall–Kier alpha value is -3.67. The number of para-hydroxylation sites is 1. The predicted octanol–water partition coefficient (Wildman–Crippen LogP) is 4.21. The van der Waals surface area contributed by atoms with Crippen LogP contribution in [0.5, 0.6) is 17.2 Å². The average molecular weight is 391 g/mol. The summed E-state index contributed by atoms with van der Waals surface area (Å²) in [7, 11) is 3.20. The van der Waals surface area contributed by atoms with Crippen molar-refractivity contribution < 1.29 is 14.2 Å². The van der Waals surface area contributed by atoms with Gasteiger partial charge in [0, 0.05) is 11.6 Å². The molecule has 3 N–H and O–H groups in total. The van der Waals surface area contributed by atoms with Crippen LogP contribution in [0.3, 0.4) is 0 Å². The Morgan fingerprint density at radius 1 is 0.897 bits per heavy atom. The predicted molar refractivity (Wildman–Crippen MR) is 116 cm³/mol. The third kappa shape index (κ3) is 5.65. The maximum absolute atomic E-state index is 6.09. The average Bonchev–Trinajstić information content (AvgIpc) is 2.77. The van der Waals surface area contributed by atoms with Crippen molar-refractivity contribution in [2.45, 2.75) is 13.2 Å². The van der Waals surface area contributed by atoms with E-state index in [4.69, 9.17) is 19.9 Å². The first-order chi connectivity index (χ1) is 14.2. The summed E-state index contributed by atoms with van der Waals surface area (Å²) in [5.41, 5.74) is 8.83. The molecule has 150 valence electrons. The molecule has 3 aromatic carbocycles. The molecular formula is C23H25N3O3. The maximum Gasteiger partial charge on any atom is 0.193 e. The fraction of sp³-hybridized carbons (Fsp3) is 0.174. The Morgan fingerprint density at radius 2 is 1.66 bits per heavy atom. The van der Waals surface area contributed by atoms with Crippen LogP contribution in [0.2, 0.25) is 0 Å². The number of benzene rings is 3. The molecule has 29 heavy (non-hydrogen) atoms. The van der Waals surface area contributed by atoms with Gasteiger partial charge in [0.05, 0.1) is 26.5 Å². The first-order valence-corrected chi connectivity index (χ1v) is 9.23. The minimum Gasteiger partial charge on any atom is -0.497 e. The van der Waals surface area contributed by atoms with E-state index in [1.165, 1.54) is 0 Å². The number of guanidine groups is 1. The van der Waals surface area contributed by atoms with Crippen LogP contribution < -0.4 is 25.3 Å². The van der Waals surface area contributed by atoms with Gasteiger partial charge in [0.1, 0.15) is 23.9 Å². The molecular weight excluding hydrogens is 366 g/mol. The van der Waals surface area contributed by atoms with E-state index in [1.54, 1.807) is 26.4 Å². The van der Waals surface area contributed by atoms with E-state index >= 15 is 0 Å². The smallest absolute Gasteiger partial charge is 0.193 e. The number of hydrogen-bond acceptors (Lipinski definition) is 4. The minimum atomic E-state index is 0.273. The van der Waals surface area contributed by atoms with Crippen molar-refractivity contribution in [1.82, 2.24) is 0 Å². The number of aliphatic imine (C=N–C) groups is 1. The monoisotopic (exact) mass is 391 g/mol. The summed E-state index contributed by atoms with van der Waals surface area (Å²) < 4.78 is 16.6. The van der Waals surface area contributed by atoms with E-state index in [0.29, 0.717) is 30.3 Å². The van der Waals surface area contributed by atoms with Crippen LogP contribution in [0.25, 0.3) is 0 Å². The molecule has 0 unspecified atom stereocenters. The molecule has 0 bridgehead atoms. The van der Waals surface area contributed by atoms with Crippen LogP contribution in [0.15, 0.2) is 77.8 Å². The fourth-order valence-electron chi connectivity index (χ4n) is 2.77. The van der Waals surface area contributed by atoms with Crippen LogP contribution >= 0.6 is 0 Å². The summed E-state index contributed by atoms with van der Waals surface area (Å²) in [6.45, 7) is 0.881. The lowest BCUT2D eigenvalue weighted by Gasteiger charge is -2.13. The summed E-state index contributed by atoms with van der Waals surface area (Å²) in [5.74, 6) is 2.40. The Balaban J connectivity index is 1.68. The molecule has 0 heterocycles. The third-order valence-corrected chi connectivity index (χ3v) is 4.30. The van der Waals surface area contributed by atoms with Crippen LogP contribution in [0.4, 0.5) is 5.69 Å². The minimum absolute atomic E-state index is 0.273. The molecule has 0 amide bonds. The quantitative estimate of drug-likeness (QED) is 0.444. The molecule has 0 spiro atoms. The van der Waals surface area contributed by atoms with Gasteiger partial charge in [0.15, 0.2) is 5.96 Å². The van der Waals surface area contributed by atoms with Crippen molar-refractivity contribution in [1.29, 1.82) is 0 Å². The number of hydrogen-bond donors (Lipinski definition) is 2. The highest BCUT2D eigenvalue weighted by Gasteiger charge is 2.07. The number of nitrogens with zero attached hydrogens (tertiary/aromatic N) is 1.